The smallest absolute Gasteiger partial charge is 0.303 e. The Morgan fingerprint density at radius 3 is 2.83 bits per heavy atom. The van der Waals surface area contributed by atoms with E-state index in [1.807, 2.05) is 26.1 Å². The first-order valence-corrected chi connectivity index (χ1v) is 6.33. The Hall–Kier alpha value is -1.48. The number of carboxylic acid groups (broad SMARTS) is 1. The summed E-state index contributed by atoms with van der Waals surface area (Å²) in [7, 11) is 1.99. The minimum Gasteiger partial charge on any atom is -0.481 e. The molecule has 0 radical (unpaired) electrons. The minimum absolute atomic E-state index is 0.211. The van der Waals surface area contributed by atoms with Gasteiger partial charge in [0.2, 0.25) is 0 Å². The van der Waals surface area contributed by atoms with Crippen LogP contribution in [0.1, 0.15) is 24.0 Å². The highest BCUT2D eigenvalue weighted by molar-refractivity contribution is 6.32. The maximum Gasteiger partial charge on any atom is 0.303 e. The zero-order chi connectivity index (χ0) is 13.3. The van der Waals surface area contributed by atoms with Crippen LogP contribution in [-0.4, -0.2) is 15.6 Å². The van der Waals surface area contributed by atoms with Gasteiger partial charge in [-0.2, -0.15) is 0 Å². The quantitative estimate of drug-likeness (QED) is 0.919. The molecule has 3 nitrogen and oxygen atoms in total. The van der Waals surface area contributed by atoms with Crippen molar-refractivity contribution in [3.63, 3.8) is 0 Å². The predicted molar refractivity (Wildman–Crippen MR) is 73.2 cm³/mol. The van der Waals surface area contributed by atoms with Crippen LogP contribution in [0.4, 0.5) is 0 Å². The molecule has 0 unspecified atom stereocenters. The number of aromatic nitrogens is 1. The lowest BCUT2D eigenvalue weighted by Gasteiger charge is -2.03. The van der Waals surface area contributed by atoms with Gasteiger partial charge in [-0.15, -0.1) is 0 Å². The van der Waals surface area contributed by atoms with Gasteiger partial charge < -0.3 is 9.67 Å². The van der Waals surface area contributed by atoms with E-state index in [0.29, 0.717) is 6.42 Å². The van der Waals surface area contributed by atoms with Gasteiger partial charge in [-0.25, -0.2) is 0 Å². The van der Waals surface area contributed by atoms with E-state index < -0.39 is 5.97 Å². The fraction of sp³-hybridized carbons (Fsp3) is 0.357. The molecule has 0 aliphatic heterocycles. The van der Waals surface area contributed by atoms with Gasteiger partial charge in [0.25, 0.3) is 0 Å². The van der Waals surface area contributed by atoms with E-state index in [0.717, 1.165) is 22.5 Å². The van der Waals surface area contributed by atoms with Gasteiger partial charge >= 0.3 is 5.97 Å². The van der Waals surface area contributed by atoms with Gasteiger partial charge in [0.1, 0.15) is 0 Å². The fourth-order valence-corrected chi connectivity index (χ4v) is 2.54. The summed E-state index contributed by atoms with van der Waals surface area (Å²) in [4.78, 5) is 10.5. The summed E-state index contributed by atoms with van der Waals surface area (Å²) in [6.45, 7) is 2.01. The van der Waals surface area contributed by atoms with Gasteiger partial charge in [0.05, 0.1) is 5.52 Å². The Balaban J connectivity index is 2.35. The summed E-state index contributed by atoms with van der Waals surface area (Å²) < 4.78 is 2.06. The predicted octanol–water partition coefficient (Wildman–Crippen LogP) is 3.55. The molecule has 0 amide bonds. The van der Waals surface area contributed by atoms with E-state index in [1.54, 1.807) is 0 Å². The second kappa shape index (κ2) is 5.02. The molecule has 4 heteroatoms. The van der Waals surface area contributed by atoms with Crippen molar-refractivity contribution in [2.45, 2.75) is 26.2 Å². The number of carbonyl (C=O) groups is 1. The maximum absolute atomic E-state index is 10.5. The number of halogens is 1. The Morgan fingerprint density at radius 2 is 2.17 bits per heavy atom. The first kappa shape index (κ1) is 13.0. The van der Waals surface area contributed by atoms with E-state index in [4.69, 9.17) is 16.7 Å². The molecule has 0 fully saturated rings. The number of hydrogen-bond acceptors (Lipinski definition) is 1. The van der Waals surface area contributed by atoms with Gasteiger partial charge in [-0.1, -0.05) is 17.7 Å². The number of benzene rings is 1. The molecule has 0 saturated carbocycles. The zero-order valence-electron chi connectivity index (χ0n) is 10.5. The average Bonchev–Trinajstić information content (AvgIpc) is 2.61. The highest BCUT2D eigenvalue weighted by Gasteiger charge is 2.11. The topological polar surface area (TPSA) is 42.2 Å². The van der Waals surface area contributed by atoms with E-state index in [1.165, 1.54) is 10.9 Å². The standard InChI is InChI=1S/C14H16ClNO2/c1-9-12(15)7-6-11-10(4-3-5-13(17)18)8-16(2)14(9)11/h6-8H,3-5H2,1-2H3,(H,17,18). The summed E-state index contributed by atoms with van der Waals surface area (Å²) in [6.07, 6.45) is 3.72. The van der Waals surface area contributed by atoms with Crippen LogP contribution in [0.25, 0.3) is 10.9 Å². The Kier molecular flexibility index (Phi) is 3.62. The monoisotopic (exact) mass is 265 g/mol. The molecule has 1 heterocycles. The van der Waals surface area contributed by atoms with Crippen LogP contribution >= 0.6 is 11.6 Å². The lowest BCUT2D eigenvalue weighted by atomic mass is 10.1. The van der Waals surface area contributed by atoms with Crippen molar-refractivity contribution in [1.29, 1.82) is 0 Å². The SMILES string of the molecule is Cc1c(Cl)ccc2c(CCCC(=O)O)cn(C)c12. The van der Waals surface area contributed by atoms with Gasteiger partial charge in [-0.05, 0) is 37.0 Å². The summed E-state index contributed by atoms with van der Waals surface area (Å²) in [6, 6.07) is 3.92. The molecule has 1 aromatic heterocycles. The number of aryl methyl sites for hydroxylation is 3. The Morgan fingerprint density at radius 1 is 1.44 bits per heavy atom. The molecular formula is C14H16ClNO2. The highest BCUT2D eigenvalue weighted by Crippen LogP contribution is 2.29. The third kappa shape index (κ3) is 2.36. The first-order valence-electron chi connectivity index (χ1n) is 5.95. The molecular weight excluding hydrogens is 250 g/mol. The third-order valence-electron chi connectivity index (χ3n) is 3.25. The van der Waals surface area contributed by atoms with Crippen molar-refractivity contribution in [2.24, 2.45) is 7.05 Å². The molecule has 1 N–H and O–H groups in total. The molecule has 0 aliphatic carbocycles. The van der Waals surface area contributed by atoms with Crippen molar-refractivity contribution < 1.29 is 9.90 Å². The highest BCUT2D eigenvalue weighted by atomic mass is 35.5. The summed E-state index contributed by atoms with van der Waals surface area (Å²) in [5.41, 5.74) is 3.39. The van der Waals surface area contributed by atoms with Gasteiger partial charge in [0.15, 0.2) is 0 Å². The molecule has 2 rings (SSSR count). The summed E-state index contributed by atoms with van der Waals surface area (Å²) in [5.74, 6) is -0.741. The molecule has 0 bridgehead atoms. The first-order chi connectivity index (χ1) is 8.50. The molecule has 96 valence electrons. The lowest BCUT2D eigenvalue weighted by molar-refractivity contribution is -0.137. The minimum atomic E-state index is -0.741. The number of carboxylic acids is 1. The molecule has 0 aliphatic rings. The second-order valence-electron chi connectivity index (χ2n) is 4.58. The van der Waals surface area contributed by atoms with E-state index in [2.05, 4.69) is 10.8 Å². The van der Waals surface area contributed by atoms with Crippen LogP contribution < -0.4 is 0 Å². The third-order valence-corrected chi connectivity index (χ3v) is 3.66. The van der Waals surface area contributed by atoms with Crippen molar-refractivity contribution in [3.05, 3.63) is 34.5 Å². The number of hydrogen-bond donors (Lipinski definition) is 1. The molecule has 0 spiro atoms. The molecule has 0 saturated heterocycles. The molecule has 2 aromatic rings. The van der Waals surface area contributed by atoms with Crippen LogP contribution in [0.5, 0.6) is 0 Å². The number of fused-ring (bicyclic) bond motifs is 1. The van der Waals surface area contributed by atoms with Crippen LogP contribution in [-0.2, 0) is 18.3 Å². The van der Waals surface area contributed by atoms with Gasteiger partial charge in [-0.3, -0.25) is 4.79 Å². The van der Waals surface area contributed by atoms with Crippen LogP contribution in [0.2, 0.25) is 5.02 Å². The van der Waals surface area contributed by atoms with Crippen molar-refractivity contribution >= 4 is 28.5 Å². The zero-order valence-corrected chi connectivity index (χ0v) is 11.3. The van der Waals surface area contributed by atoms with Crippen molar-refractivity contribution in [1.82, 2.24) is 4.57 Å². The number of rotatable bonds is 4. The molecule has 18 heavy (non-hydrogen) atoms. The van der Waals surface area contributed by atoms with Crippen LogP contribution in [0.15, 0.2) is 18.3 Å². The summed E-state index contributed by atoms with van der Waals surface area (Å²) in [5, 5.41) is 10.6. The van der Waals surface area contributed by atoms with Crippen molar-refractivity contribution in [3.8, 4) is 0 Å². The van der Waals surface area contributed by atoms with E-state index in [9.17, 15) is 4.79 Å². The normalized spacial score (nSPS) is 11.1. The van der Waals surface area contributed by atoms with E-state index in [-0.39, 0.29) is 6.42 Å². The largest absolute Gasteiger partial charge is 0.481 e. The van der Waals surface area contributed by atoms with Crippen LogP contribution in [0, 0.1) is 6.92 Å². The summed E-state index contributed by atoms with van der Waals surface area (Å²) >= 11 is 6.12. The number of aliphatic carboxylic acids is 1. The Bertz CT molecular complexity index is 601. The molecule has 0 atom stereocenters. The van der Waals surface area contributed by atoms with Gasteiger partial charge in [0, 0.05) is 30.1 Å². The number of nitrogens with zero attached hydrogens (tertiary/aromatic N) is 1. The van der Waals surface area contributed by atoms with E-state index >= 15 is 0 Å². The lowest BCUT2D eigenvalue weighted by Crippen LogP contribution is -1.95. The molecule has 1 aromatic carbocycles. The second-order valence-corrected chi connectivity index (χ2v) is 4.99. The van der Waals surface area contributed by atoms with Crippen molar-refractivity contribution in [2.75, 3.05) is 0 Å². The Labute approximate surface area is 111 Å². The average molecular weight is 266 g/mol. The van der Waals surface area contributed by atoms with Crippen LogP contribution in [0.3, 0.4) is 0 Å². The fourth-order valence-electron chi connectivity index (χ4n) is 2.39. The maximum atomic E-state index is 10.5.